The SMILES string of the molecule is O=C(C(=O)N1CCN(C(=O)c2cc(F)cc(Br)c2)CC1)N1CCCC1. The van der Waals surface area contributed by atoms with E-state index in [1.54, 1.807) is 15.9 Å². The Balaban J connectivity index is 1.58. The molecule has 0 spiro atoms. The average Bonchev–Trinajstić information content (AvgIpc) is 3.14. The fraction of sp³-hybridized carbons (Fsp3) is 0.471. The van der Waals surface area contributed by atoms with Crippen LogP contribution in [0.5, 0.6) is 0 Å². The van der Waals surface area contributed by atoms with Gasteiger partial charge in [0.1, 0.15) is 5.82 Å². The van der Waals surface area contributed by atoms with Gasteiger partial charge in [0, 0.05) is 49.3 Å². The Labute approximate surface area is 153 Å². The van der Waals surface area contributed by atoms with Crippen molar-refractivity contribution in [2.24, 2.45) is 0 Å². The van der Waals surface area contributed by atoms with Gasteiger partial charge in [0.05, 0.1) is 0 Å². The minimum absolute atomic E-state index is 0.264. The molecule has 6 nitrogen and oxygen atoms in total. The fourth-order valence-corrected chi connectivity index (χ4v) is 3.63. The Morgan fingerprint density at radius 3 is 1.88 bits per heavy atom. The Morgan fingerprint density at radius 1 is 0.800 bits per heavy atom. The maximum Gasteiger partial charge on any atom is 0.312 e. The molecule has 8 heteroatoms. The largest absolute Gasteiger partial charge is 0.335 e. The lowest BCUT2D eigenvalue weighted by molar-refractivity contribution is -0.152. The molecule has 0 aliphatic carbocycles. The number of rotatable bonds is 1. The molecular weight excluding hydrogens is 393 g/mol. The van der Waals surface area contributed by atoms with Crippen molar-refractivity contribution in [2.75, 3.05) is 39.3 Å². The minimum atomic E-state index is -0.498. The quantitative estimate of drug-likeness (QED) is 0.657. The molecule has 2 saturated heterocycles. The molecule has 2 aliphatic rings. The highest BCUT2D eigenvalue weighted by Gasteiger charge is 2.32. The maximum atomic E-state index is 13.5. The Hall–Kier alpha value is -1.96. The van der Waals surface area contributed by atoms with Gasteiger partial charge in [0.15, 0.2) is 0 Å². The van der Waals surface area contributed by atoms with Gasteiger partial charge in [-0.2, -0.15) is 0 Å². The van der Waals surface area contributed by atoms with E-state index in [-0.39, 0.29) is 11.5 Å². The van der Waals surface area contributed by atoms with E-state index in [0.717, 1.165) is 12.8 Å². The van der Waals surface area contributed by atoms with Crippen LogP contribution in [0.2, 0.25) is 0 Å². The summed E-state index contributed by atoms with van der Waals surface area (Å²) in [6, 6.07) is 4.05. The standard InChI is InChI=1S/C17H19BrFN3O3/c18-13-9-12(10-14(19)11-13)15(23)21-5-7-22(8-6-21)17(25)16(24)20-3-1-2-4-20/h9-11H,1-8H2. The predicted octanol–water partition coefficient (Wildman–Crippen LogP) is 1.49. The lowest BCUT2D eigenvalue weighted by atomic mass is 10.1. The van der Waals surface area contributed by atoms with Crippen LogP contribution in [0.1, 0.15) is 23.2 Å². The van der Waals surface area contributed by atoms with Crippen LogP contribution in [-0.4, -0.2) is 71.7 Å². The van der Waals surface area contributed by atoms with Crippen molar-refractivity contribution >= 4 is 33.7 Å². The van der Waals surface area contributed by atoms with Gasteiger partial charge in [0.25, 0.3) is 5.91 Å². The molecule has 1 aromatic carbocycles. The third-order valence-corrected chi connectivity index (χ3v) is 5.00. The first-order chi connectivity index (χ1) is 12.0. The van der Waals surface area contributed by atoms with Crippen molar-refractivity contribution in [1.82, 2.24) is 14.7 Å². The summed E-state index contributed by atoms with van der Waals surface area (Å²) >= 11 is 3.18. The van der Waals surface area contributed by atoms with Gasteiger partial charge < -0.3 is 14.7 Å². The molecule has 2 aliphatic heterocycles. The predicted molar refractivity (Wildman–Crippen MR) is 92.4 cm³/mol. The number of amides is 3. The van der Waals surface area contributed by atoms with Crippen LogP contribution < -0.4 is 0 Å². The zero-order valence-electron chi connectivity index (χ0n) is 13.7. The molecule has 0 radical (unpaired) electrons. The Kier molecular flexibility index (Phi) is 5.36. The first-order valence-corrected chi connectivity index (χ1v) is 9.08. The van der Waals surface area contributed by atoms with Crippen LogP contribution in [0.3, 0.4) is 0 Å². The average molecular weight is 412 g/mol. The number of benzene rings is 1. The van der Waals surface area contributed by atoms with Crippen molar-refractivity contribution in [2.45, 2.75) is 12.8 Å². The summed E-state index contributed by atoms with van der Waals surface area (Å²) in [4.78, 5) is 41.6. The van der Waals surface area contributed by atoms with Gasteiger partial charge >= 0.3 is 11.8 Å². The summed E-state index contributed by atoms with van der Waals surface area (Å²) in [5, 5.41) is 0. The summed E-state index contributed by atoms with van der Waals surface area (Å²) in [6.45, 7) is 2.54. The third kappa shape index (κ3) is 4.00. The first-order valence-electron chi connectivity index (χ1n) is 8.29. The number of hydrogen-bond donors (Lipinski definition) is 0. The fourth-order valence-electron chi connectivity index (χ4n) is 3.16. The Bertz CT molecular complexity index is 678. The second kappa shape index (κ2) is 7.51. The molecule has 0 atom stereocenters. The van der Waals surface area contributed by atoms with Crippen LogP contribution in [0, 0.1) is 5.82 Å². The molecular formula is C17H19BrFN3O3. The van der Waals surface area contributed by atoms with Gasteiger partial charge in [-0.05, 0) is 31.0 Å². The molecule has 25 heavy (non-hydrogen) atoms. The lowest BCUT2D eigenvalue weighted by Crippen LogP contribution is -2.54. The second-order valence-electron chi connectivity index (χ2n) is 6.24. The summed E-state index contributed by atoms with van der Waals surface area (Å²) < 4.78 is 14.0. The van der Waals surface area contributed by atoms with E-state index < -0.39 is 17.6 Å². The van der Waals surface area contributed by atoms with E-state index in [1.807, 2.05) is 0 Å². The van der Waals surface area contributed by atoms with Crippen molar-refractivity contribution in [3.63, 3.8) is 0 Å². The number of nitrogens with zero attached hydrogens (tertiary/aromatic N) is 3. The van der Waals surface area contributed by atoms with Gasteiger partial charge in [-0.3, -0.25) is 14.4 Å². The molecule has 0 bridgehead atoms. The topological polar surface area (TPSA) is 60.9 Å². The number of halogens is 2. The molecule has 134 valence electrons. The molecule has 2 heterocycles. The van der Waals surface area contributed by atoms with E-state index in [4.69, 9.17) is 0 Å². The van der Waals surface area contributed by atoms with E-state index in [9.17, 15) is 18.8 Å². The van der Waals surface area contributed by atoms with Crippen molar-refractivity contribution in [3.05, 3.63) is 34.1 Å². The molecule has 3 amide bonds. The van der Waals surface area contributed by atoms with Gasteiger partial charge in [-0.25, -0.2) is 4.39 Å². The van der Waals surface area contributed by atoms with E-state index in [0.29, 0.717) is 43.7 Å². The molecule has 0 aromatic heterocycles. The van der Waals surface area contributed by atoms with Crippen LogP contribution in [0.4, 0.5) is 4.39 Å². The van der Waals surface area contributed by atoms with Crippen LogP contribution in [0.25, 0.3) is 0 Å². The maximum absolute atomic E-state index is 13.5. The molecule has 0 saturated carbocycles. The van der Waals surface area contributed by atoms with E-state index in [2.05, 4.69) is 15.9 Å². The summed E-state index contributed by atoms with van der Waals surface area (Å²) in [5.74, 6) is -1.71. The zero-order chi connectivity index (χ0) is 18.0. The molecule has 0 N–H and O–H groups in total. The highest BCUT2D eigenvalue weighted by Crippen LogP contribution is 2.17. The summed E-state index contributed by atoms with van der Waals surface area (Å²) in [6.07, 6.45) is 1.87. The molecule has 1 aromatic rings. The van der Waals surface area contributed by atoms with Crippen molar-refractivity contribution in [3.8, 4) is 0 Å². The van der Waals surface area contributed by atoms with Gasteiger partial charge in [-0.15, -0.1) is 0 Å². The van der Waals surface area contributed by atoms with Gasteiger partial charge in [0.2, 0.25) is 0 Å². The number of carbonyl (C=O) groups is 3. The van der Waals surface area contributed by atoms with Gasteiger partial charge in [-0.1, -0.05) is 15.9 Å². The number of carbonyl (C=O) groups excluding carboxylic acids is 3. The van der Waals surface area contributed by atoms with Crippen molar-refractivity contribution < 1.29 is 18.8 Å². The van der Waals surface area contributed by atoms with E-state index in [1.165, 1.54) is 17.0 Å². The van der Waals surface area contributed by atoms with Crippen molar-refractivity contribution in [1.29, 1.82) is 0 Å². The third-order valence-electron chi connectivity index (χ3n) is 4.54. The first kappa shape index (κ1) is 17.8. The minimum Gasteiger partial charge on any atom is -0.335 e. The normalized spacial score (nSPS) is 17.8. The summed E-state index contributed by atoms with van der Waals surface area (Å²) in [7, 11) is 0. The number of hydrogen-bond acceptors (Lipinski definition) is 3. The molecule has 3 rings (SSSR count). The molecule has 0 unspecified atom stereocenters. The van der Waals surface area contributed by atoms with Crippen LogP contribution in [0.15, 0.2) is 22.7 Å². The molecule has 2 fully saturated rings. The zero-order valence-corrected chi connectivity index (χ0v) is 15.3. The van der Waals surface area contributed by atoms with Crippen LogP contribution in [-0.2, 0) is 9.59 Å². The van der Waals surface area contributed by atoms with E-state index >= 15 is 0 Å². The monoisotopic (exact) mass is 411 g/mol. The number of likely N-dealkylation sites (tertiary alicyclic amines) is 1. The smallest absolute Gasteiger partial charge is 0.312 e. The van der Waals surface area contributed by atoms with Crippen LogP contribution >= 0.6 is 15.9 Å². The highest BCUT2D eigenvalue weighted by molar-refractivity contribution is 9.10. The lowest BCUT2D eigenvalue weighted by Gasteiger charge is -2.35. The summed E-state index contributed by atoms with van der Waals surface area (Å²) in [5.41, 5.74) is 0.264. The second-order valence-corrected chi connectivity index (χ2v) is 7.16. The Morgan fingerprint density at radius 2 is 1.32 bits per heavy atom. The number of piperazine rings is 1. The highest BCUT2D eigenvalue weighted by atomic mass is 79.9.